The van der Waals surface area contributed by atoms with Crippen LogP contribution in [0.1, 0.15) is 13.8 Å². The van der Waals surface area contributed by atoms with E-state index in [1.54, 1.807) is 0 Å². The van der Waals surface area contributed by atoms with E-state index in [0.29, 0.717) is 13.1 Å². The van der Waals surface area contributed by atoms with Crippen LogP contribution in [0.15, 0.2) is 48.5 Å². The zero-order valence-electron chi connectivity index (χ0n) is 14.5. The average molecular weight is 338 g/mol. The number of carbonyl (C=O) groups is 1. The third-order valence-corrected chi connectivity index (χ3v) is 4.82. The van der Waals surface area contributed by atoms with Crippen LogP contribution in [0.5, 0.6) is 5.75 Å². The zero-order chi connectivity index (χ0) is 17.6. The third-order valence-electron chi connectivity index (χ3n) is 4.82. The topological polar surface area (TPSA) is 53.0 Å². The van der Waals surface area contributed by atoms with Crippen molar-refractivity contribution < 1.29 is 14.6 Å². The Bertz CT molecular complexity index is 812. The summed E-state index contributed by atoms with van der Waals surface area (Å²) in [5, 5.41) is 9.07. The van der Waals surface area contributed by atoms with Crippen LogP contribution in [0.3, 0.4) is 0 Å². The van der Waals surface area contributed by atoms with Crippen LogP contribution in [0.25, 0.3) is 0 Å². The molecule has 0 unspecified atom stereocenters. The standard InChI is InChI=1S/C20H22N2O3/c1-20(2)13-22(17-8-3-4-9-18(17)25-20)16-7-5-6-15(10-16)21-11-14(12-21)19(23)24/h3-10,14H,11-13H2,1-2H3,(H,23,24). The van der Waals surface area contributed by atoms with Crippen molar-refractivity contribution in [3.8, 4) is 5.75 Å². The molecule has 4 rings (SSSR count). The first-order chi connectivity index (χ1) is 11.9. The van der Waals surface area contributed by atoms with Gasteiger partial charge in [0, 0.05) is 24.5 Å². The van der Waals surface area contributed by atoms with E-state index in [9.17, 15) is 4.79 Å². The van der Waals surface area contributed by atoms with Crippen LogP contribution in [0, 0.1) is 5.92 Å². The van der Waals surface area contributed by atoms with Gasteiger partial charge < -0.3 is 19.6 Å². The lowest BCUT2D eigenvalue weighted by Gasteiger charge is -2.42. The average Bonchev–Trinajstić information content (AvgIpc) is 2.52. The highest BCUT2D eigenvalue weighted by Gasteiger charge is 2.34. The minimum Gasteiger partial charge on any atom is -0.484 e. The van der Waals surface area contributed by atoms with Gasteiger partial charge in [0.15, 0.2) is 0 Å². The maximum Gasteiger partial charge on any atom is 0.310 e. The second kappa shape index (κ2) is 5.69. The highest BCUT2D eigenvalue weighted by Crippen LogP contribution is 2.41. The third kappa shape index (κ3) is 2.90. The molecule has 2 heterocycles. The fourth-order valence-corrected chi connectivity index (χ4v) is 3.50. The predicted octanol–water partition coefficient (Wildman–Crippen LogP) is 3.52. The van der Waals surface area contributed by atoms with Gasteiger partial charge in [0.2, 0.25) is 0 Å². The molecule has 0 aliphatic carbocycles. The molecule has 0 amide bonds. The quantitative estimate of drug-likeness (QED) is 0.928. The number of aliphatic carboxylic acids is 1. The van der Waals surface area contributed by atoms with E-state index in [4.69, 9.17) is 9.84 Å². The van der Waals surface area contributed by atoms with Crippen molar-refractivity contribution in [2.24, 2.45) is 5.92 Å². The minimum absolute atomic E-state index is 0.258. The van der Waals surface area contributed by atoms with Gasteiger partial charge in [-0.05, 0) is 44.2 Å². The maximum atomic E-state index is 11.0. The number of carboxylic acids is 1. The molecule has 1 fully saturated rings. The van der Waals surface area contributed by atoms with Gasteiger partial charge >= 0.3 is 5.97 Å². The number of nitrogens with zero attached hydrogens (tertiary/aromatic N) is 2. The van der Waals surface area contributed by atoms with Crippen molar-refractivity contribution in [3.63, 3.8) is 0 Å². The van der Waals surface area contributed by atoms with Crippen LogP contribution in [-0.2, 0) is 4.79 Å². The minimum atomic E-state index is -0.712. The number of ether oxygens (including phenoxy) is 1. The van der Waals surface area contributed by atoms with Gasteiger partial charge in [0.05, 0.1) is 18.2 Å². The molecule has 5 nitrogen and oxygen atoms in total. The summed E-state index contributed by atoms with van der Waals surface area (Å²) in [5.74, 6) is -0.0815. The Kier molecular flexibility index (Phi) is 3.60. The SMILES string of the molecule is CC1(C)CN(c2cccc(N3CC(C(=O)O)C3)c2)c2ccccc2O1. The Morgan fingerprint density at radius 3 is 2.60 bits per heavy atom. The van der Waals surface area contributed by atoms with E-state index in [1.807, 2.05) is 30.3 Å². The smallest absolute Gasteiger partial charge is 0.310 e. The fourth-order valence-electron chi connectivity index (χ4n) is 3.50. The Labute approximate surface area is 147 Å². The van der Waals surface area contributed by atoms with Gasteiger partial charge in [-0.25, -0.2) is 0 Å². The first-order valence-corrected chi connectivity index (χ1v) is 8.56. The van der Waals surface area contributed by atoms with Gasteiger partial charge in [0.25, 0.3) is 0 Å². The molecule has 0 aromatic heterocycles. The molecule has 25 heavy (non-hydrogen) atoms. The molecule has 1 N–H and O–H groups in total. The van der Waals surface area contributed by atoms with Crippen LogP contribution in [0.4, 0.5) is 17.1 Å². The number of hydrogen-bond donors (Lipinski definition) is 1. The van der Waals surface area contributed by atoms with Crippen molar-refractivity contribution in [1.82, 2.24) is 0 Å². The lowest BCUT2D eigenvalue weighted by atomic mass is 9.99. The van der Waals surface area contributed by atoms with Gasteiger partial charge in [-0.2, -0.15) is 0 Å². The summed E-state index contributed by atoms with van der Waals surface area (Å²) in [6.45, 7) is 6.08. The molecule has 2 aliphatic rings. The van der Waals surface area contributed by atoms with E-state index < -0.39 is 5.97 Å². The van der Waals surface area contributed by atoms with E-state index in [1.165, 1.54) is 0 Å². The molecule has 130 valence electrons. The molecule has 2 aliphatic heterocycles. The number of carboxylic acid groups (broad SMARTS) is 1. The summed E-state index contributed by atoms with van der Waals surface area (Å²) in [6, 6.07) is 16.4. The van der Waals surface area contributed by atoms with Gasteiger partial charge in [-0.15, -0.1) is 0 Å². The van der Waals surface area contributed by atoms with Crippen LogP contribution >= 0.6 is 0 Å². The Balaban J connectivity index is 1.64. The maximum absolute atomic E-state index is 11.0. The second-order valence-electron chi connectivity index (χ2n) is 7.38. The van der Waals surface area contributed by atoms with Gasteiger partial charge in [-0.1, -0.05) is 18.2 Å². The molecule has 5 heteroatoms. The summed E-state index contributed by atoms with van der Waals surface area (Å²) >= 11 is 0. The number of rotatable bonds is 3. The molecule has 2 aromatic carbocycles. The molecule has 2 aromatic rings. The van der Waals surface area contributed by atoms with E-state index in [0.717, 1.165) is 29.4 Å². The molecule has 0 radical (unpaired) electrons. The monoisotopic (exact) mass is 338 g/mol. The van der Waals surface area contributed by atoms with Crippen molar-refractivity contribution in [3.05, 3.63) is 48.5 Å². The van der Waals surface area contributed by atoms with Crippen molar-refractivity contribution in [2.45, 2.75) is 19.4 Å². The van der Waals surface area contributed by atoms with Crippen LogP contribution < -0.4 is 14.5 Å². The summed E-state index contributed by atoms with van der Waals surface area (Å²) < 4.78 is 6.10. The summed E-state index contributed by atoms with van der Waals surface area (Å²) in [7, 11) is 0. The second-order valence-corrected chi connectivity index (χ2v) is 7.38. The van der Waals surface area contributed by atoms with Gasteiger partial charge in [-0.3, -0.25) is 4.79 Å². The molecule has 0 spiro atoms. The van der Waals surface area contributed by atoms with E-state index in [-0.39, 0.29) is 11.5 Å². The normalized spacial score (nSPS) is 19.0. The number of hydrogen-bond acceptors (Lipinski definition) is 4. The van der Waals surface area contributed by atoms with Crippen LogP contribution in [0.2, 0.25) is 0 Å². The number of fused-ring (bicyclic) bond motifs is 1. The van der Waals surface area contributed by atoms with E-state index in [2.05, 4.69) is 41.8 Å². The fraction of sp³-hybridized carbons (Fsp3) is 0.350. The number of para-hydroxylation sites is 2. The van der Waals surface area contributed by atoms with Gasteiger partial charge in [0.1, 0.15) is 11.4 Å². The number of benzene rings is 2. The molecule has 0 saturated carbocycles. The summed E-state index contributed by atoms with van der Waals surface area (Å²) in [5.41, 5.74) is 2.94. The summed E-state index contributed by atoms with van der Waals surface area (Å²) in [4.78, 5) is 15.4. The van der Waals surface area contributed by atoms with E-state index >= 15 is 0 Å². The summed E-state index contributed by atoms with van der Waals surface area (Å²) in [6.07, 6.45) is 0. The molecular weight excluding hydrogens is 316 g/mol. The van der Waals surface area contributed by atoms with Crippen molar-refractivity contribution >= 4 is 23.0 Å². The van der Waals surface area contributed by atoms with Crippen molar-refractivity contribution in [2.75, 3.05) is 29.4 Å². The highest BCUT2D eigenvalue weighted by atomic mass is 16.5. The lowest BCUT2D eigenvalue weighted by molar-refractivity contribution is -0.142. The molecule has 0 bridgehead atoms. The largest absolute Gasteiger partial charge is 0.484 e. The Morgan fingerprint density at radius 2 is 1.84 bits per heavy atom. The predicted molar refractivity (Wildman–Crippen MR) is 97.9 cm³/mol. The highest BCUT2D eigenvalue weighted by molar-refractivity contribution is 5.76. The first-order valence-electron chi connectivity index (χ1n) is 8.56. The lowest BCUT2D eigenvalue weighted by Crippen LogP contribution is -2.50. The molecular formula is C20H22N2O3. The first kappa shape index (κ1) is 15.8. The molecule has 1 saturated heterocycles. The Morgan fingerprint density at radius 1 is 1.12 bits per heavy atom. The van der Waals surface area contributed by atoms with Crippen LogP contribution in [-0.4, -0.2) is 36.3 Å². The molecule has 0 atom stereocenters. The van der Waals surface area contributed by atoms with Crippen molar-refractivity contribution in [1.29, 1.82) is 0 Å². The number of anilines is 3. The zero-order valence-corrected chi connectivity index (χ0v) is 14.5. The Hall–Kier alpha value is -2.69.